The summed E-state index contributed by atoms with van der Waals surface area (Å²) in [7, 11) is 0. The van der Waals surface area contributed by atoms with Gasteiger partial charge in [0.25, 0.3) is 5.91 Å². The van der Waals surface area contributed by atoms with Crippen LogP contribution < -0.4 is 10.1 Å². The van der Waals surface area contributed by atoms with Crippen molar-refractivity contribution in [1.29, 1.82) is 0 Å². The third-order valence-electron chi connectivity index (χ3n) is 6.04. The molecule has 8 heteroatoms. The van der Waals surface area contributed by atoms with E-state index in [9.17, 15) is 9.18 Å². The van der Waals surface area contributed by atoms with Gasteiger partial charge in [-0.15, -0.1) is 10.2 Å². The van der Waals surface area contributed by atoms with Gasteiger partial charge in [0.15, 0.2) is 6.61 Å². The summed E-state index contributed by atoms with van der Waals surface area (Å²) in [5.41, 5.74) is -0.265. The Bertz CT molecular complexity index is 892. The molecule has 1 N–H and O–H groups in total. The van der Waals surface area contributed by atoms with Crippen LogP contribution in [0.1, 0.15) is 56.2 Å². The van der Waals surface area contributed by atoms with Crippen LogP contribution in [-0.2, 0) is 10.2 Å². The molecule has 1 aromatic carbocycles. The highest BCUT2D eigenvalue weighted by Crippen LogP contribution is 2.67. The largest absolute Gasteiger partial charge is 0.484 e. The van der Waals surface area contributed by atoms with E-state index in [-0.39, 0.29) is 34.2 Å². The lowest BCUT2D eigenvalue weighted by Gasteiger charge is -2.68. The normalized spacial score (nSPS) is 28.7. The fourth-order valence-electron chi connectivity index (χ4n) is 4.46. The van der Waals surface area contributed by atoms with Crippen LogP contribution in [0.15, 0.2) is 22.6 Å². The lowest BCUT2D eigenvalue weighted by atomic mass is 9.39. The summed E-state index contributed by atoms with van der Waals surface area (Å²) in [5, 5.41) is 11.5. The van der Waals surface area contributed by atoms with Gasteiger partial charge in [-0.05, 0) is 44.2 Å². The van der Waals surface area contributed by atoms with Gasteiger partial charge in [0.1, 0.15) is 11.6 Å². The van der Waals surface area contributed by atoms with Gasteiger partial charge < -0.3 is 14.5 Å². The van der Waals surface area contributed by atoms with Gasteiger partial charge in [-0.3, -0.25) is 4.79 Å². The Kier molecular flexibility index (Phi) is 3.73. The van der Waals surface area contributed by atoms with Gasteiger partial charge in [0, 0.05) is 17.5 Å². The van der Waals surface area contributed by atoms with E-state index in [0.717, 1.165) is 38.0 Å². The zero-order valence-corrected chi connectivity index (χ0v) is 15.4. The van der Waals surface area contributed by atoms with Gasteiger partial charge in [-0.2, -0.15) is 0 Å². The van der Waals surface area contributed by atoms with Crippen LogP contribution in [0, 0.1) is 5.82 Å². The molecule has 1 heterocycles. The molecule has 4 aliphatic carbocycles. The van der Waals surface area contributed by atoms with Gasteiger partial charge in [-0.25, -0.2) is 4.39 Å². The molecule has 0 unspecified atom stereocenters. The molecule has 1 amide bonds. The van der Waals surface area contributed by atoms with Crippen molar-refractivity contribution in [3.63, 3.8) is 0 Å². The molecule has 2 aromatic rings. The highest BCUT2D eigenvalue weighted by atomic mass is 35.5. The van der Waals surface area contributed by atoms with Crippen LogP contribution >= 0.6 is 11.6 Å². The number of halogens is 2. The van der Waals surface area contributed by atoms with Crippen LogP contribution in [0.25, 0.3) is 0 Å². The average Bonchev–Trinajstić information content (AvgIpc) is 2.98. The molecule has 0 atom stereocenters. The van der Waals surface area contributed by atoms with Crippen molar-refractivity contribution in [2.75, 3.05) is 6.61 Å². The lowest BCUT2D eigenvalue weighted by Crippen LogP contribution is -2.77. The number of hydrogen-bond donors (Lipinski definition) is 1. The van der Waals surface area contributed by atoms with E-state index in [0.29, 0.717) is 11.8 Å². The van der Waals surface area contributed by atoms with E-state index in [1.54, 1.807) is 0 Å². The Morgan fingerprint density at radius 1 is 1.33 bits per heavy atom. The van der Waals surface area contributed by atoms with E-state index < -0.39 is 5.82 Å². The number of carbonyl (C=O) groups is 1. The topological polar surface area (TPSA) is 77.2 Å². The first kappa shape index (κ1) is 17.0. The first-order chi connectivity index (χ1) is 13.0. The van der Waals surface area contributed by atoms with Gasteiger partial charge in [0.05, 0.1) is 10.4 Å². The highest BCUT2D eigenvalue weighted by Gasteiger charge is 2.71. The predicted octanol–water partition coefficient (Wildman–Crippen LogP) is 3.50. The zero-order chi connectivity index (χ0) is 18.6. The second-order valence-corrected chi connectivity index (χ2v) is 8.48. The molecular weight excluding hydrogens is 373 g/mol. The summed E-state index contributed by atoms with van der Waals surface area (Å²) in [6.07, 6.45) is 5.93. The maximum atomic E-state index is 13.4. The van der Waals surface area contributed by atoms with Crippen LogP contribution in [0.4, 0.5) is 4.39 Å². The van der Waals surface area contributed by atoms with Crippen LogP contribution in [0.2, 0.25) is 5.02 Å². The number of aromatic nitrogens is 2. The Balaban J connectivity index is 1.13. The van der Waals surface area contributed by atoms with Crippen LogP contribution in [0.3, 0.4) is 0 Å². The fraction of sp³-hybridized carbons (Fsp3) is 0.526. The van der Waals surface area contributed by atoms with Crippen molar-refractivity contribution < 1.29 is 18.3 Å². The number of nitrogens with zero attached hydrogens (tertiary/aromatic N) is 2. The van der Waals surface area contributed by atoms with Crippen molar-refractivity contribution in [3.05, 3.63) is 40.8 Å². The van der Waals surface area contributed by atoms with Crippen molar-refractivity contribution in [2.45, 2.75) is 55.4 Å². The van der Waals surface area contributed by atoms with E-state index in [1.165, 1.54) is 24.6 Å². The molecular formula is C19H19ClFN3O3. The molecule has 0 radical (unpaired) electrons. The Morgan fingerprint density at radius 2 is 2.11 bits per heavy atom. The second-order valence-electron chi connectivity index (χ2n) is 8.08. The standard InChI is InChI=1S/C19H19ClFN3O3/c20-13-5-4-12(6-14(13)21)26-7-15(25)22-19-8-18(9-19,10-19)17-24-23-16(27-17)11-2-1-3-11/h4-6,11H,1-3,7-10H2,(H,22,25). The van der Waals surface area contributed by atoms with E-state index in [1.807, 2.05) is 0 Å². The molecule has 142 valence electrons. The molecule has 0 spiro atoms. The molecule has 2 bridgehead atoms. The fourth-order valence-corrected chi connectivity index (χ4v) is 4.58. The summed E-state index contributed by atoms with van der Waals surface area (Å²) >= 11 is 5.63. The van der Waals surface area contributed by atoms with Crippen molar-refractivity contribution in [2.24, 2.45) is 0 Å². The number of amides is 1. The first-order valence-electron chi connectivity index (χ1n) is 9.20. The van der Waals surface area contributed by atoms with Gasteiger partial charge >= 0.3 is 0 Å². The number of carbonyl (C=O) groups excluding carboxylic acids is 1. The molecule has 4 aliphatic rings. The maximum Gasteiger partial charge on any atom is 0.258 e. The number of hydrogen-bond acceptors (Lipinski definition) is 5. The number of nitrogens with one attached hydrogen (secondary N) is 1. The third-order valence-corrected chi connectivity index (χ3v) is 6.35. The Morgan fingerprint density at radius 3 is 2.78 bits per heavy atom. The predicted molar refractivity (Wildman–Crippen MR) is 94.2 cm³/mol. The van der Waals surface area contributed by atoms with E-state index in [4.69, 9.17) is 20.8 Å². The number of benzene rings is 1. The molecule has 0 saturated heterocycles. The molecule has 0 aliphatic heterocycles. The first-order valence-corrected chi connectivity index (χ1v) is 9.58. The molecule has 4 fully saturated rings. The summed E-state index contributed by atoms with van der Waals surface area (Å²) in [4.78, 5) is 12.2. The van der Waals surface area contributed by atoms with Crippen molar-refractivity contribution in [1.82, 2.24) is 15.5 Å². The molecule has 1 aromatic heterocycles. The minimum absolute atomic E-state index is 0.0208. The lowest BCUT2D eigenvalue weighted by molar-refractivity contribution is -0.143. The van der Waals surface area contributed by atoms with E-state index in [2.05, 4.69) is 15.5 Å². The minimum Gasteiger partial charge on any atom is -0.484 e. The van der Waals surface area contributed by atoms with Crippen LogP contribution in [0.5, 0.6) is 5.75 Å². The van der Waals surface area contributed by atoms with Gasteiger partial charge in [-0.1, -0.05) is 18.0 Å². The molecule has 27 heavy (non-hydrogen) atoms. The molecule has 6 rings (SSSR count). The average molecular weight is 392 g/mol. The Hall–Kier alpha value is -2.15. The summed E-state index contributed by atoms with van der Waals surface area (Å²) in [6.45, 7) is -0.164. The smallest absolute Gasteiger partial charge is 0.258 e. The van der Waals surface area contributed by atoms with Gasteiger partial charge in [0.2, 0.25) is 11.8 Å². The quantitative estimate of drug-likeness (QED) is 0.815. The zero-order valence-electron chi connectivity index (χ0n) is 14.6. The van der Waals surface area contributed by atoms with E-state index >= 15 is 0 Å². The van der Waals surface area contributed by atoms with Crippen LogP contribution in [-0.4, -0.2) is 28.3 Å². The van der Waals surface area contributed by atoms with Crippen molar-refractivity contribution >= 4 is 17.5 Å². The molecule has 6 nitrogen and oxygen atoms in total. The molecule has 4 saturated carbocycles. The highest BCUT2D eigenvalue weighted by molar-refractivity contribution is 6.30. The summed E-state index contributed by atoms with van der Waals surface area (Å²) < 4.78 is 24.6. The maximum absolute atomic E-state index is 13.4. The summed E-state index contributed by atoms with van der Waals surface area (Å²) in [5.74, 6) is 1.39. The summed E-state index contributed by atoms with van der Waals surface area (Å²) in [6, 6.07) is 4.10. The number of rotatable bonds is 6. The Labute approximate surface area is 160 Å². The minimum atomic E-state index is -0.572. The third kappa shape index (κ3) is 2.79. The second kappa shape index (κ2) is 5.92. The number of ether oxygens (including phenoxy) is 1. The monoisotopic (exact) mass is 391 g/mol. The SMILES string of the molecule is O=C(COc1ccc(Cl)c(F)c1)NC12CC(c3nnc(C4CCC4)o3)(C1)C2. The van der Waals surface area contributed by atoms with Crippen molar-refractivity contribution in [3.8, 4) is 5.75 Å².